The first kappa shape index (κ1) is 15.2. The quantitative estimate of drug-likeness (QED) is 0.791. The lowest BCUT2D eigenvalue weighted by molar-refractivity contribution is 0.0176. The van der Waals surface area contributed by atoms with E-state index in [2.05, 4.69) is 0 Å². The van der Waals surface area contributed by atoms with E-state index in [1.165, 1.54) is 4.90 Å². The Hall–Kier alpha value is -0.820. The second-order valence-corrected chi connectivity index (χ2v) is 7.98. The van der Waals surface area contributed by atoms with Gasteiger partial charge >= 0.3 is 6.09 Å². The number of aliphatic hydroxyl groups is 1. The van der Waals surface area contributed by atoms with Crippen LogP contribution in [-0.2, 0) is 14.6 Å². The van der Waals surface area contributed by atoms with Crippen molar-refractivity contribution in [1.82, 2.24) is 4.90 Å². The van der Waals surface area contributed by atoms with E-state index >= 15 is 0 Å². The SMILES string of the molecule is CC(C)(C)OC(=O)N1C[C@@H](S(C)(=O)=O)C[C@H]1CO. The van der Waals surface area contributed by atoms with Gasteiger partial charge in [0, 0.05) is 12.8 Å². The van der Waals surface area contributed by atoms with E-state index in [0.717, 1.165) is 6.26 Å². The van der Waals surface area contributed by atoms with Gasteiger partial charge in [0.2, 0.25) is 0 Å². The van der Waals surface area contributed by atoms with Crippen molar-refractivity contribution in [3.8, 4) is 0 Å². The smallest absolute Gasteiger partial charge is 0.410 e. The molecule has 0 aromatic heterocycles. The zero-order valence-electron chi connectivity index (χ0n) is 11.2. The molecule has 1 aliphatic rings. The maximum atomic E-state index is 11.9. The van der Waals surface area contributed by atoms with Gasteiger partial charge in [-0.15, -0.1) is 0 Å². The van der Waals surface area contributed by atoms with Gasteiger partial charge in [-0.25, -0.2) is 13.2 Å². The number of hydrogen-bond donors (Lipinski definition) is 1. The van der Waals surface area contributed by atoms with Crippen LogP contribution in [0.3, 0.4) is 0 Å². The number of hydrogen-bond acceptors (Lipinski definition) is 5. The zero-order chi connectivity index (χ0) is 14.1. The maximum Gasteiger partial charge on any atom is 0.410 e. The van der Waals surface area contributed by atoms with Gasteiger partial charge in [0.15, 0.2) is 9.84 Å². The third kappa shape index (κ3) is 3.84. The molecule has 0 aromatic rings. The summed E-state index contributed by atoms with van der Waals surface area (Å²) in [4.78, 5) is 13.2. The van der Waals surface area contributed by atoms with Gasteiger partial charge in [0.05, 0.1) is 17.9 Å². The average molecular weight is 279 g/mol. The second-order valence-electron chi connectivity index (χ2n) is 5.66. The van der Waals surface area contributed by atoms with Gasteiger partial charge in [-0.2, -0.15) is 0 Å². The van der Waals surface area contributed by atoms with Crippen molar-refractivity contribution in [2.24, 2.45) is 0 Å². The summed E-state index contributed by atoms with van der Waals surface area (Å²) >= 11 is 0. The van der Waals surface area contributed by atoms with Crippen LogP contribution in [-0.4, -0.2) is 60.8 Å². The normalized spacial score (nSPS) is 25.3. The number of nitrogens with zero attached hydrogens (tertiary/aromatic N) is 1. The van der Waals surface area contributed by atoms with E-state index in [1.807, 2.05) is 0 Å². The minimum Gasteiger partial charge on any atom is -0.444 e. The molecule has 2 atom stereocenters. The standard InChI is InChI=1S/C11H21NO5S/c1-11(2,3)17-10(14)12-6-9(18(4,15)16)5-8(12)7-13/h8-9,13H,5-7H2,1-4H3/t8-,9-/m0/s1. The Balaban J connectivity index is 2.79. The van der Waals surface area contributed by atoms with Crippen LogP contribution in [0.25, 0.3) is 0 Å². The van der Waals surface area contributed by atoms with Crippen molar-refractivity contribution in [3.63, 3.8) is 0 Å². The van der Waals surface area contributed by atoms with Crippen molar-refractivity contribution in [1.29, 1.82) is 0 Å². The second kappa shape index (κ2) is 5.05. The maximum absolute atomic E-state index is 11.9. The summed E-state index contributed by atoms with van der Waals surface area (Å²) in [5.74, 6) is 0. The lowest BCUT2D eigenvalue weighted by Crippen LogP contribution is -2.41. The van der Waals surface area contributed by atoms with Crippen molar-refractivity contribution in [2.75, 3.05) is 19.4 Å². The molecule has 1 fully saturated rings. The lowest BCUT2D eigenvalue weighted by Gasteiger charge is -2.27. The lowest BCUT2D eigenvalue weighted by atomic mass is 10.2. The van der Waals surface area contributed by atoms with E-state index in [9.17, 15) is 18.3 Å². The fourth-order valence-electron chi connectivity index (χ4n) is 1.90. The molecular weight excluding hydrogens is 258 g/mol. The molecule has 106 valence electrons. The first-order valence-electron chi connectivity index (χ1n) is 5.84. The Morgan fingerprint density at radius 3 is 2.39 bits per heavy atom. The summed E-state index contributed by atoms with van der Waals surface area (Å²) in [5.41, 5.74) is -0.639. The molecule has 0 aromatic carbocycles. The molecule has 0 spiro atoms. The van der Waals surface area contributed by atoms with E-state index < -0.39 is 32.8 Å². The summed E-state index contributed by atoms with van der Waals surface area (Å²) in [6.45, 7) is 5.04. The van der Waals surface area contributed by atoms with Crippen LogP contribution in [0.5, 0.6) is 0 Å². The first-order valence-corrected chi connectivity index (χ1v) is 7.79. The fraction of sp³-hybridized carbons (Fsp3) is 0.909. The monoisotopic (exact) mass is 279 g/mol. The minimum atomic E-state index is -3.22. The summed E-state index contributed by atoms with van der Waals surface area (Å²) in [6.07, 6.45) is 0.826. The Kier molecular flexibility index (Phi) is 4.27. The Morgan fingerprint density at radius 1 is 1.44 bits per heavy atom. The summed E-state index contributed by atoms with van der Waals surface area (Å²) < 4.78 is 28.2. The molecular formula is C11H21NO5S. The van der Waals surface area contributed by atoms with Gasteiger partial charge in [0.25, 0.3) is 0 Å². The van der Waals surface area contributed by atoms with Crippen LogP contribution in [0.1, 0.15) is 27.2 Å². The number of ether oxygens (including phenoxy) is 1. The highest BCUT2D eigenvalue weighted by Crippen LogP contribution is 2.24. The molecule has 1 amide bonds. The number of carbonyl (C=O) groups excluding carboxylic acids is 1. The average Bonchev–Trinajstić information content (AvgIpc) is 2.57. The van der Waals surface area contributed by atoms with E-state index in [4.69, 9.17) is 4.74 Å². The molecule has 0 unspecified atom stereocenters. The van der Waals surface area contributed by atoms with Crippen LogP contribution >= 0.6 is 0 Å². The van der Waals surface area contributed by atoms with Crippen LogP contribution in [0.2, 0.25) is 0 Å². The van der Waals surface area contributed by atoms with Crippen LogP contribution < -0.4 is 0 Å². The number of aliphatic hydroxyl groups excluding tert-OH is 1. The highest BCUT2D eigenvalue weighted by molar-refractivity contribution is 7.91. The molecule has 1 aliphatic heterocycles. The predicted molar refractivity (Wildman–Crippen MR) is 67.1 cm³/mol. The number of likely N-dealkylation sites (tertiary alicyclic amines) is 1. The Labute approximate surface area is 108 Å². The minimum absolute atomic E-state index is 0.0823. The van der Waals surface area contributed by atoms with E-state index in [-0.39, 0.29) is 19.6 Å². The fourth-order valence-corrected chi connectivity index (χ4v) is 2.90. The molecule has 1 rings (SSSR count). The summed E-state index contributed by atoms with van der Waals surface area (Å²) in [5, 5.41) is 8.60. The summed E-state index contributed by atoms with van der Waals surface area (Å²) in [6, 6.07) is -0.487. The van der Waals surface area contributed by atoms with Crippen molar-refractivity contribution >= 4 is 15.9 Å². The first-order chi connectivity index (χ1) is 8.04. The highest BCUT2D eigenvalue weighted by atomic mass is 32.2. The Morgan fingerprint density at radius 2 is 2.00 bits per heavy atom. The molecule has 0 bridgehead atoms. The number of rotatable bonds is 2. The highest BCUT2D eigenvalue weighted by Gasteiger charge is 2.41. The van der Waals surface area contributed by atoms with Gasteiger partial charge in [-0.05, 0) is 27.2 Å². The molecule has 1 saturated heterocycles. The zero-order valence-corrected chi connectivity index (χ0v) is 12.0. The van der Waals surface area contributed by atoms with Gasteiger partial charge in [-0.3, -0.25) is 0 Å². The van der Waals surface area contributed by atoms with Crippen LogP contribution in [0.15, 0.2) is 0 Å². The summed E-state index contributed by atoms with van der Waals surface area (Å²) in [7, 11) is -3.22. The largest absolute Gasteiger partial charge is 0.444 e. The van der Waals surface area contributed by atoms with Gasteiger partial charge in [-0.1, -0.05) is 0 Å². The van der Waals surface area contributed by atoms with E-state index in [1.54, 1.807) is 20.8 Å². The molecule has 1 heterocycles. The van der Waals surface area contributed by atoms with Crippen LogP contribution in [0, 0.1) is 0 Å². The van der Waals surface area contributed by atoms with Crippen molar-refractivity contribution in [3.05, 3.63) is 0 Å². The number of amides is 1. The third-order valence-electron chi connectivity index (χ3n) is 2.82. The predicted octanol–water partition coefficient (Wildman–Crippen LogP) is 0.401. The van der Waals surface area contributed by atoms with Gasteiger partial charge in [0.1, 0.15) is 5.60 Å². The molecule has 6 nitrogen and oxygen atoms in total. The number of carbonyl (C=O) groups is 1. The van der Waals surface area contributed by atoms with Crippen molar-refractivity contribution < 1.29 is 23.1 Å². The number of sulfone groups is 1. The molecule has 0 saturated carbocycles. The molecule has 0 aliphatic carbocycles. The van der Waals surface area contributed by atoms with Crippen molar-refractivity contribution in [2.45, 2.75) is 44.1 Å². The topological polar surface area (TPSA) is 83.9 Å². The third-order valence-corrected chi connectivity index (χ3v) is 4.37. The molecule has 18 heavy (non-hydrogen) atoms. The van der Waals surface area contributed by atoms with Crippen LogP contribution in [0.4, 0.5) is 4.79 Å². The molecule has 1 N–H and O–H groups in total. The molecule has 0 radical (unpaired) electrons. The van der Waals surface area contributed by atoms with Gasteiger partial charge < -0.3 is 14.7 Å². The Bertz CT molecular complexity index is 412. The molecule has 7 heteroatoms. The van der Waals surface area contributed by atoms with E-state index in [0.29, 0.717) is 0 Å².